The Morgan fingerprint density at radius 2 is 1.79 bits per heavy atom. The van der Waals surface area contributed by atoms with E-state index in [-0.39, 0.29) is 5.56 Å². The minimum Gasteiger partial charge on any atom is -0.545 e. The Bertz CT molecular complexity index is 467. The summed E-state index contributed by atoms with van der Waals surface area (Å²) in [4.78, 5) is 10.6. The second-order valence-electron chi connectivity index (χ2n) is 5.25. The molecule has 1 aliphatic carbocycles. The van der Waals surface area contributed by atoms with Gasteiger partial charge in [0.1, 0.15) is 0 Å². The van der Waals surface area contributed by atoms with E-state index in [4.69, 9.17) is 0 Å². The van der Waals surface area contributed by atoms with E-state index in [0.717, 1.165) is 5.69 Å². The SMILES string of the molecule is C[C@H]1CCC[C@H](C)C1=NNc1ccc(C(=O)[O-])cc1. The second-order valence-corrected chi connectivity index (χ2v) is 5.25. The van der Waals surface area contributed by atoms with Crippen molar-refractivity contribution in [1.29, 1.82) is 0 Å². The molecule has 1 aromatic rings. The third-order valence-corrected chi connectivity index (χ3v) is 3.72. The van der Waals surface area contributed by atoms with Gasteiger partial charge in [0, 0.05) is 5.71 Å². The molecule has 19 heavy (non-hydrogen) atoms. The highest BCUT2D eigenvalue weighted by molar-refractivity contribution is 5.90. The summed E-state index contributed by atoms with van der Waals surface area (Å²) in [5, 5.41) is 15.1. The molecule has 4 heteroatoms. The number of aromatic carboxylic acids is 1. The first-order valence-corrected chi connectivity index (χ1v) is 6.73. The van der Waals surface area contributed by atoms with Crippen molar-refractivity contribution in [3.8, 4) is 0 Å². The summed E-state index contributed by atoms with van der Waals surface area (Å²) >= 11 is 0. The number of benzene rings is 1. The van der Waals surface area contributed by atoms with Gasteiger partial charge in [0.2, 0.25) is 0 Å². The van der Waals surface area contributed by atoms with Gasteiger partial charge in [-0.05, 0) is 42.4 Å². The zero-order valence-electron chi connectivity index (χ0n) is 11.3. The van der Waals surface area contributed by atoms with Gasteiger partial charge in [-0.25, -0.2) is 0 Å². The maximum Gasteiger partial charge on any atom is 0.0715 e. The van der Waals surface area contributed by atoms with Gasteiger partial charge >= 0.3 is 0 Å². The molecule has 0 amide bonds. The number of nitrogens with zero attached hydrogens (tertiary/aromatic N) is 1. The molecule has 0 heterocycles. The smallest absolute Gasteiger partial charge is 0.0715 e. The minimum atomic E-state index is -1.16. The molecule has 0 aromatic heterocycles. The van der Waals surface area contributed by atoms with Gasteiger partial charge in [-0.2, -0.15) is 5.10 Å². The van der Waals surface area contributed by atoms with Crippen molar-refractivity contribution < 1.29 is 9.90 Å². The number of carbonyl (C=O) groups excluding carboxylic acids is 1. The normalized spacial score (nSPS) is 22.9. The van der Waals surface area contributed by atoms with Crippen molar-refractivity contribution in [1.82, 2.24) is 0 Å². The van der Waals surface area contributed by atoms with Crippen molar-refractivity contribution in [2.75, 3.05) is 5.43 Å². The summed E-state index contributed by atoms with van der Waals surface area (Å²) in [6.45, 7) is 4.41. The quantitative estimate of drug-likeness (QED) is 0.847. The van der Waals surface area contributed by atoms with Crippen LogP contribution in [0, 0.1) is 11.8 Å². The van der Waals surface area contributed by atoms with Crippen LogP contribution in [0.15, 0.2) is 29.4 Å². The number of carboxylic acids is 1. The molecule has 0 spiro atoms. The number of hydrogen-bond acceptors (Lipinski definition) is 4. The lowest BCUT2D eigenvalue weighted by Gasteiger charge is -2.26. The number of nitrogens with one attached hydrogen (secondary N) is 1. The summed E-state index contributed by atoms with van der Waals surface area (Å²) in [6.07, 6.45) is 3.64. The second kappa shape index (κ2) is 5.87. The molecule has 2 rings (SSSR count). The van der Waals surface area contributed by atoms with Gasteiger partial charge < -0.3 is 9.90 Å². The van der Waals surface area contributed by atoms with Gasteiger partial charge in [0.25, 0.3) is 0 Å². The molecule has 0 saturated heterocycles. The van der Waals surface area contributed by atoms with Crippen LogP contribution in [0.25, 0.3) is 0 Å². The maximum absolute atomic E-state index is 10.6. The summed E-state index contributed by atoms with van der Waals surface area (Å²) in [5.41, 5.74) is 5.19. The minimum absolute atomic E-state index is 0.178. The van der Waals surface area contributed by atoms with Crippen LogP contribution in [-0.4, -0.2) is 11.7 Å². The molecule has 0 unspecified atom stereocenters. The van der Waals surface area contributed by atoms with Gasteiger partial charge in [-0.1, -0.05) is 32.4 Å². The lowest BCUT2D eigenvalue weighted by molar-refractivity contribution is -0.255. The zero-order chi connectivity index (χ0) is 13.8. The number of hydrogen-bond donors (Lipinski definition) is 1. The fourth-order valence-electron chi connectivity index (χ4n) is 2.54. The van der Waals surface area contributed by atoms with Crippen molar-refractivity contribution in [3.63, 3.8) is 0 Å². The first-order valence-electron chi connectivity index (χ1n) is 6.73. The molecule has 1 aliphatic rings. The molecule has 1 fully saturated rings. The highest BCUT2D eigenvalue weighted by atomic mass is 16.4. The predicted octanol–water partition coefficient (Wildman–Crippen LogP) is 2.27. The van der Waals surface area contributed by atoms with Crippen molar-refractivity contribution >= 4 is 17.4 Å². The summed E-state index contributed by atoms with van der Waals surface area (Å²) < 4.78 is 0. The van der Waals surface area contributed by atoms with Crippen LogP contribution in [0.2, 0.25) is 0 Å². The van der Waals surface area contributed by atoms with Crippen molar-refractivity contribution in [2.24, 2.45) is 16.9 Å². The van der Waals surface area contributed by atoms with Crippen LogP contribution in [-0.2, 0) is 0 Å². The Morgan fingerprint density at radius 1 is 1.21 bits per heavy atom. The standard InChI is InChI=1S/C15H20N2O2/c1-10-4-3-5-11(2)14(10)17-16-13-8-6-12(7-9-13)15(18)19/h6-11,16H,3-5H2,1-2H3,(H,18,19)/p-1/t10-,11-/m0/s1. The van der Waals surface area contributed by atoms with E-state index < -0.39 is 5.97 Å². The van der Waals surface area contributed by atoms with Crippen molar-refractivity contribution in [2.45, 2.75) is 33.1 Å². The molecule has 1 aromatic carbocycles. The van der Waals surface area contributed by atoms with E-state index in [9.17, 15) is 9.90 Å². The molecule has 0 bridgehead atoms. The molecule has 4 nitrogen and oxygen atoms in total. The monoisotopic (exact) mass is 259 g/mol. The van der Waals surface area contributed by atoms with E-state index in [1.54, 1.807) is 12.1 Å². The van der Waals surface area contributed by atoms with Crippen LogP contribution in [0.1, 0.15) is 43.5 Å². The molecule has 1 N–H and O–H groups in total. The molecular formula is C15H19N2O2-. The molecular weight excluding hydrogens is 240 g/mol. The van der Waals surface area contributed by atoms with E-state index in [1.807, 2.05) is 0 Å². The third-order valence-electron chi connectivity index (χ3n) is 3.72. The van der Waals surface area contributed by atoms with Crippen molar-refractivity contribution in [3.05, 3.63) is 29.8 Å². The van der Waals surface area contributed by atoms with E-state index in [1.165, 1.54) is 37.1 Å². The van der Waals surface area contributed by atoms with Crippen LogP contribution in [0.3, 0.4) is 0 Å². The molecule has 0 radical (unpaired) electrons. The Morgan fingerprint density at radius 3 is 2.32 bits per heavy atom. The maximum atomic E-state index is 10.6. The van der Waals surface area contributed by atoms with Crippen LogP contribution >= 0.6 is 0 Å². The number of carbonyl (C=O) groups is 1. The number of hydrazone groups is 1. The van der Waals surface area contributed by atoms with Gasteiger partial charge in [-0.15, -0.1) is 0 Å². The van der Waals surface area contributed by atoms with Gasteiger partial charge in [0.05, 0.1) is 11.7 Å². The molecule has 2 atom stereocenters. The van der Waals surface area contributed by atoms with Crippen LogP contribution in [0.4, 0.5) is 5.69 Å². The van der Waals surface area contributed by atoms with Gasteiger partial charge in [0.15, 0.2) is 0 Å². The molecule has 0 aliphatic heterocycles. The highest BCUT2D eigenvalue weighted by Crippen LogP contribution is 2.26. The van der Waals surface area contributed by atoms with E-state index in [2.05, 4.69) is 24.4 Å². The Labute approximate surface area is 113 Å². The van der Waals surface area contributed by atoms with E-state index >= 15 is 0 Å². The number of carboxylic acid groups (broad SMARTS) is 1. The summed E-state index contributed by atoms with van der Waals surface area (Å²) in [6, 6.07) is 6.44. The number of anilines is 1. The van der Waals surface area contributed by atoms with E-state index in [0.29, 0.717) is 11.8 Å². The lowest BCUT2D eigenvalue weighted by Crippen LogP contribution is -2.25. The highest BCUT2D eigenvalue weighted by Gasteiger charge is 2.22. The first kappa shape index (κ1) is 13.6. The number of rotatable bonds is 3. The molecule has 1 saturated carbocycles. The molecule has 102 valence electrons. The Kier molecular flexibility index (Phi) is 4.20. The van der Waals surface area contributed by atoms with Crippen LogP contribution < -0.4 is 10.5 Å². The zero-order valence-corrected chi connectivity index (χ0v) is 11.3. The first-order chi connectivity index (χ1) is 9.08. The largest absolute Gasteiger partial charge is 0.545 e. The van der Waals surface area contributed by atoms with Gasteiger partial charge in [-0.3, -0.25) is 5.43 Å². The van der Waals surface area contributed by atoms with Crippen LogP contribution in [0.5, 0.6) is 0 Å². The summed E-state index contributed by atoms with van der Waals surface area (Å²) in [5.74, 6) is -0.134. The average Bonchev–Trinajstić information content (AvgIpc) is 2.38. The summed E-state index contributed by atoms with van der Waals surface area (Å²) in [7, 11) is 0. The Balaban J connectivity index is 2.06. The predicted molar refractivity (Wildman–Crippen MR) is 74.0 cm³/mol. The fraction of sp³-hybridized carbons (Fsp3) is 0.467. The fourth-order valence-corrected chi connectivity index (χ4v) is 2.54. The topological polar surface area (TPSA) is 64.5 Å². The average molecular weight is 259 g/mol. The third kappa shape index (κ3) is 3.34. The lowest BCUT2D eigenvalue weighted by atomic mass is 9.81. The Hall–Kier alpha value is -1.84.